The Bertz CT molecular complexity index is 960. The number of nitrogens with zero attached hydrogens (tertiary/aromatic N) is 4. The summed E-state index contributed by atoms with van der Waals surface area (Å²) in [5.74, 6) is 0.241. The van der Waals surface area contributed by atoms with Crippen LogP contribution in [-0.2, 0) is 9.59 Å². The van der Waals surface area contributed by atoms with Crippen LogP contribution in [0.5, 0.6) is 0 Å². The molecule has 3 saturated heterocycles. The molecule has 2 amide bonds. The Hall–Kier alpha value is -2.50. The minimum Gasteiger partial charge on any atom is -0.330 e. The van der Waals surface area contributed by atoms with Gasteiger partial charge in [-0.25, -0.2) is 4.39 Å². The second-order valence-corrected chi connectivity index (χ2v) is 10.1. The van der Waals surface area contributed by atoms with Crippen LogP contribution in [0.1, 0.15) is 44.7 Å². The minimum absolute atomic E-state index is 0.0544. The normalized spacial score (nSPS) is 32.9. The third-order valence-electron chi connectivity index (χ3n) is 7.71. The zero-order valence-electron chi connectivity index (χ0n) is 18.5. The highest BCUT2D eigenvalue weighted by Crippen LogP contribution is 2.48. The molecule has 3 heterocycles. The van der Waals surface area contributed by atoms with Gasteiger partial charge in [0, 0.05) is 25.2 Å². The highest BCUT2D eigenvalue weighted by molar-refractivity contribution is 5.87. The largest absolute Gasteiger partial charge is 0.330 e. The first-order valence-electron chi connectivity index (χ1n) is 11.6. The number of carbonyl (C=O) groups excluding carboxylic acids is 2. The van der Waals surface area contributed by atoms with Crippen LogP contribution in [0.15, 0.2) is 24.3 Å². The maximum absolute atomic E-state index is 13.4. The molecule has 1 aromatic carbocycles. The molecule has 4 fully saturated rings. The number of nitriles is 1. The summed E-state index contributed by atoms with van der Waals surface area (Å²) in [6, 6.07) is 7.39. The van der Waals surface area contributed by atoms with E-state index in [0.29, 0.717) is 19.0 Å². The third kappa shape index (κ3) is 3.39. The SMILES string of the molecule is CC(C)C(c1ccc(F)cc1)N1C(=O)[C@@H]2CC1CN2CC(N)C(=O)N1C(C#N)C[C@@H]2C[C@@H]21. The lowest BCUT2D eigenvalue weighted by molar-refractivity contribution is -0.142. The molecule has 2 bridgehead atoms. The Morgan fingerprint density at radius 3 is 2.59 bits per heavy atom. The highest BCUT2D eigenvalue weighted by Gasteiger charge is 2.56. The topological polar surface area (TPSA) is 93.7 Å². The molecular weight excluding hydrogens is 409 g/mol. The summed E-state index contributed by atoms with van der Waals surface area (Å²) < 4.78 is 13.4. The van der Waals surface area contributed by atoms with E-state index in [1.807, 2.05) is 9.80 Å². The molecule has 32 heavy (non-hydrogen) atoms. The summed E-state index contributed by atoms with van der Waals surface area (Å²) in [5.41, 5.74) is 7.24. The van der Waals surface area contributed by atoms with Gasteiger partial charge in [0.2, 0.25) is 11.8 Å². The standard InChI is InChI=1S/C24H30FN5O2/c1-13(2)22(14-3-5-16(25)6-4-14)30-18-9-21(24(30)32)28(11-18)12-19(27)23(31)29-17(10-26)7-15-8-20(15)29/h3-6,13,15,17-22H,7-9,11-12,27H2,1-2H3/t15-,17?,18?,19?,20+,21+,22?/m1/s1. The van der Waals surface area contributed by atoms with Gasteiger partial charge >= 0.3 is 0 Å². The smallest absolute Gasteiger partial charge is 0.242 e. The van der Waals surface area contributed by atoms with Gasteiger partial charge in [0.1, 0.15) is 11.9 Å². The zero-order chi connectivity index (χ0) is 22.7. The van der Waals surface area contributed by atoms with Crippen molar-refractivity contribution in [2.75, 3.05) is 13.1 Å². The van der Waals surface area contributed by atoms with Crippen molar-refractivity contribution in [3.8, 4) is 6.07 Å². The number of likely N-dealkylation sites (tertiary alicyclic amines) is 3. The molecule has 0 spiro atoms. The van der Waals surface area contributed by atoms with Crippen molar-refractivity contribution >= 4 is 11.8 Å². The Kier molecular flexibility index (Phi) is 5.22. The summed E-state index contributed by atoms with van der Waals surface area (Å²) in [6.45, 7) is 5.16. The van der Waals surface area contributed by atoms with E-state index in [1.165, 1.54) is 12.1 Å². The molecular formula is C24H30FN5O2. The summed E-state index contributed by atoms with van der Waals surface area (Å²) >= 11 is 0. The molecule has 1 saturated carbocycles. The summed E-state index contributed by atoms with van der Waals surface area (Å²) in [6.07, 6.45) is 2.44. The molecule has 1 aromatic rings. The zero-order valence-corrected chi connectivity index (χ0v) is 18.5. The molecule has 5 rings (SSSR count). The number of rotatable bonds is 6. The lowest BCUT2D eigenvalue weighted by atomic mass is 9.93. The van der Waals surface area contributed by atoms with E-state index in [2.05, 4.69) is 19.9 Å². The van der Waals surface area contributed by atoms with Crippen LogP contribution in [0.25, 0.3) is 0 Å². The van der Waals surface area contributed by atoms with Gasteiger partial charge in [0.25, 0.3) is 0 Å². The molecule has 7 nitrogen and oxygen atoms in total. The molecule has 4 aliphatic rings. The van der Waals surface area contributed by atoms with Gasteiger partial charge in [-0.3, -0.25) is 14.5 Å². The van der Waals surface area contributed by atoms with Crippen molar-refractivity contribution in [2.45, 2.75) is 69.4 Å². The molecule has 8 heteroatoms. The van der Waals surface area contributed by atoms with Crippen molar-refractivity contribution in [1.29, 1.82) is 5.26 Å². The summed E-state index contributed by atoms with van der Waals surface area (Å²) in [4.78, 5) is 32.1. The van der Waals surface area contributed by atoms with E-state index in [0.717, 1.165) is 24.8 Å². The van der Waals surface area contributed by atoms with Gasteiger partial charge in [0.05, 0.1) is 24.2 Å². The number of hydrogen-bond acceptors (Lipinski definition) is 5. The van der Waals surface area contributed by atoms with E-state index >= 15 is 0 Å². The number of piperidine rings is 1. The number of piperazine rings is 1. The quantitative estimate of drug-likeness (QED) is 0.728. The lowest BCUT2D eigenvalue weighted by Gasteiger charge is -2.41. The monoisotopic (exact) mass is 439 g/mol. The molecule has 3 aliphatic heterocycles. The molecule has 0 radical (unpaired) electrons. The van der Waals surface area contributed by atoms with Crippen molar-refractivity contribution < 1.29 is 14.0 Å². The average Bonchev–Trinajstić information content (AvgIpc) is 3.10. The van der Waals surface area contributed by atoms with Crippen LogP contribution in [0, 0.1) is 29.0 Å². The fourth-order valence-electron chi connectivity index (χ4n) is 6.19. The number of amides is 2. The molecule has 0 aromatic heterocycles. The summed E-state index contributed by atoms with van der Waals surface area (Å²) in [7, 11) is 0. The van der Waals surface area contributed by atoms with Gasteiger partial charge in [-0.2, -0.15) is 5.26 Å². The van der Waals surface area contributed by atoms with Gasteiger partial charge < -0.3 is 15.5 Å². The Balaban J connectivity index is 1.27. The second-order valence-electron chi connectivity index (χ2n) is 10.1. The van der Waals surface area contributed by atoms with Gasteiger partial charge in [-0.1, -0.05) is 26.0 Å². The maximum atomic E-state index is 13.4. The number of hydrogen-bond donors (Lipinski definition) is 1. The molecule has 2 N–H and O–H groups in total. The van der Waals surface area contributed by atoms with Crippen LogP contribution in [0.3, 0.4) is 0 Å². The van der Waals surface area contributed by atoms with Crippen LogP contribution < -0.4 is 5.73 Å². The lowest BCUT2D eigenvalue weighted by Crippen LogP contribution is -2.57. The molecule has 1 aliphatic carbocycles. The maximum Gasteiger partial charge on any atom is 0.242 e. The Labute approximate surface area is 187 Å². The second kappa shape index (κ2) is 7.82. The first-order valence-corrected chi connectivity index (χ1v) is 11.6. The van der Waals surface area contributed by atoms with Crippen LogP contribution >= 0.6 is 0 Å². The number of nitrogens with two attached hydrogens (primary N) is 1. The first kappa shape index (κ1) is 21.4. The van der Waals surface area contributed by atoms with Gasteiger partial charge in [0.15, 0.2) is 0 Å². The van der Waals surface area contributed by atoms with E-state index < -0.39 is 6.04 Å². The van der Waals surface area contributed by atoms with Crippen LogP contribution in [0.2, 0.25) is 0 Å². The van der Waals surface area contributed by atoms with Crippen molar-refractivity contribution in [3.63, 3.8) is 0 Å². The van der Waals surface area contributed by atoms with E-state index in [1.54, 1.807) is 17.0 Å². The predicted octanol–water partition coefficient (Wildman–Crippen LogP) is 1.65. The first-order chi connectivity index (χ1) is 15.3. The predicted molar refractivity (Wildman–Crippen MR) is 115 cm³/mol. The minimum atomic E-state index is -0.733. The fourth-order valence-corrected chi connectivity index (χ4v) is 6.19. The number of benzene rings is 1. The third-order valence-corrected chi connectivity index (χ3v) is 7.71. The number of fused-ring (bicyclic) bond motifs is 3. The van der Waals surface area contributed by atoms with E-state index in [-0.39, 0.29) is 53.8 Å². The van der Waals surface area contributed by atoms with Crippen LogP contribution in [-0.4, -0.2) is 69.8 Å². The van der Waals surface area contributed by atoms with Crippen molar-refractivity contribution in [1.82, 2.24) is 14.7 Å². The summed E-state index contributed by atoms with van der Waals surface area (Å²) in [5, 5.41) is 9.38. The Morgan fingerprint density at radius 2 is 1.97 bits per heavy atom. The van der Waals surface area contributed by atoms with E-state index in [4.69, 9.17) is 5.73 Å². The molecule has 170 valence electrons. The highest BCUT2D eigenvalue weighted by atomic mass is 19.1. The van der Waals surface area contributed by atoms with Crippen LogP contribution in [0.4, 0.5) is 4.39 Å². The average molecular weight is 440 g/mol. The molecule has 7 atom stereocenters. The van der Waals surface area contributed by atoms with Crippen molar-refractivity contribution in [2.24, 2.45) is 17.6 Å². The van der Waals surface area contributed by atoms with Crippen molar-refractivity contribution in [3.05, 3.63) is 35.6 Å². The molecule has 4 unspecified atom stereocenters. The van der Waals surface area contributed by atoms with Gasteiger partial charge in [-0.05, 0) is 48.8 Å². The van der Waals surface area contributed by atoms with Gasteiger partial charge in [-0.15, -0.1) is 0 Å². The number of halogens is 1. The fraction of sp³-hybridized carbons (Fsp3) is 0.625. The van der Waals surface area contributed by atoms with E-state index in [9.17, 15) is 19.2 Å². The Morgan fingerprint density at radius 1 is 1.25 bits per heavy atom. The number of carbonyl (C=O) groups is 2.